The third kappa shape index (κ3) is 2.50. The van der Waals surface area contributed by atoms with Gasteiger partial charge in [0, 0.05) is 5.56 Å². The molecule has 0 amide bonds. The molecule has 0 saturated heterocycles. The second-order valence-electron chi connectivity index (χ2n) is 3.20. The molecule has 0 radical (unpaired) electrons. The standard InChI is InChI=1S/C10H5F3N2OS/c11-10(12,13)7-3-1-6(2-4-7)9(16)8-5-14-17-15-8/h1-5H. The highest BCUT2D eigenvalue weighted by Crippen LogP contribution is 2.29. The number of halogens is 3. The van der Waals surface area contributed by atoms with Crippen LogP contribution in [0.5, 0.6) is 0 Å². The maximum Gasteiger partial charge on any atom is 0.416 e. The number of ketones is 1. The molecule has 0 aliphatic heterocycles. The molecule has 3 nitrogen and oxygen atoms in total. The number of carbonyl (C=O) groups is 1. The lowest BCUT2D eigenvalue weighted by atomic mass is 10.1. The van der Waals surface area contributed by atoms with Gasteiger partial charge >= 0.3 is 6.18 Å². The minimum atomic E-state index is -4.40. The normalized spacial score (nSPS) is 11.5. The van der Waals surface area contributed by atoms with E-state index in [1.807, 2.05) is 0 Å². The molecule has 2 aromatic rings. The Morgan fingerprint density at radius 2 is 1.82 bits per heavy atom. The topological polar surface area (TPSA) is 42.9 Å². The molecule has 0 unspecified atom stereocenters. The van der Waals surface area contributed by atoms with Crippen LogP contribution in [0.4, 0.5) is 13.2 Å². The fourth-order valence-corrected chi connectivity index (χ4v) is 1.64. The van der Waals surface area contributed by atoms with E-state index >= 15 is 0 Å². The van der Waals surface area contributed by atoms with Crippen molar-refractivity contribution in [2.45, 2.75) is 6.18 Å². The smallest absolute Gasteiger partial charge is 0.287 e. The molecule has 2 rings (SSSR count). The fourth-order valence-electron chi connectivity index (χ4n) is 1.22. The van der Waals surface area contributed by atoms with Crippen molar-refractivity contribution in [1.29, 1.82) is 0 Å². The van der Waals surface area contributed by atoms with Gasteiger partial charge in [0.2, 0.25) is 5.78 Å². The lowest BCUT2D eigenvalue weighted by Gasteiger charge is -2.06. The molecule has 0 atom stereocenters. The predicted molar refractivity (Wildman–Crippen MR) is 54.8 cm³/mol. The highest BCUT2D eigenvalue weighted by Gasteiger charge is 2.30. The first-order valence-corrected chi connectivity index (χ1v) is 5.21. The third-order valence-corrected chi connectivity index (χ3v) is 2.55. The first-order chi connectivity index (χ1) is 7.98. The molecule has 88 valence electrons. The lowest BCUT2D eigenvalue weighted by Crippen LogP contribution is -2.06. The van der Waals surface area contributed by atoms with Crippen LogP contribution in [-0.4, -0.2) is 14.5 Å². The molecule has 1 heterocycles. The minimum absolute atomic E-state index is 0.134. The van der Waals surface area contributed by atoms with Crippen molar-refractivity contribution in [3.8, 4) is 0 Å². The number of aromatic nitrogens is 2. The Labute approximate surface area is 98.2 Å². The summed E-state index contributed by atoms with van der Waals surface area (Å²) in [5, 5.41) is 0. The van der Waals surface area contributed by atoms with Gasteiger partial charge in [-0.2, -0.15) is 21.9 Å². The quantitative estimate of drug-likeness (QED) is 0.778. The zero-order valence-electron chi connectivity index (χ0n) is 8.23. The van der Waals surface area contributed by atoms with E-state index in [0.717, 1.165) is 36.0 Å². The molecule has 1 aromatic carbocycles. The van der Waals surface area contributed by atoms with Crippen LogP contribution < -0.4 is 0 Å². The molecule has 0 fully saturated rings. The average Bonchev–Trinajstić information content (AvgIpc) is 2.80. The molecule has 7 heteroatoms. The van der Waals surface area contributed by atoms with Gasteiger partial charge in [0.1, 0.15) is 5.69 Å². The van der Waals surface area contributed by atoms with E-state index < -0.39 is 17.5 Å². The van der Waals surface area contributed by atoms with E-state index in [1.165, 1.54) is 6.20 Å². The largest absolute Gasteiger partial charge is 0.416 e. The minimum Gasteiger partial charge on any atom is -0.287 e. The van der Waals surface area contributed by atoms with Crippen LogP contribution in [0.3, 0.4) is 0 Å². The lowest BCUT2D eigenvalue weighted by molar-refractivity contribution is -0.137. The van der Waals surface area contributed by atoms with Crippen LogP contribution in [-0.2, 0) is 6.18 Å². The zero-order valence-corrected chi connectivity index (χ0v) is 9.05. The van der Waals surface area contributed by atoms with Gasteiger partial charge in [-0.1, -0.05) is 12.1 Å². The number of nitrogens with zero attached hydrogens (tertiary/aromatic N) is 2. The van der Waals surface area contributed by atoms with E-state index in [4.69, 9.17) is 0 Å². The number of rotatable bonds is 2. The predicted octanol–water partition coefficient (Wildman–Crippen LogP) is 2.79. The summed E-state index contributed by atoms with van der Waals surface area (Å²) in [4.78, 5) is 11.7. The molecule has 1 aromatic heterocycles. The van der Waals surface area contributed by atoms with Crippen LogP contribution in [0.15, 0.2) is 30.5 Å². The molecule has 0 N–H and O–H groups in total. The van der Waals surface area contributed by atoms with Crippen LogP contribution in [0.2, 0.25) is 0 Å². The van der Waals surface area contributed by atoms with Crippen LogP contribution in [0.1, 0.15) is 21.6 Å². The maximum atomic E-state index is 12.3. The maximum absolute atomic E-state index is 12.3. The molecular weight excluding hydrogens is 253 g/mol. The summed E-state index contributed by atoms with van der Waals surface area (Å²) in [6, 6.07) is 4.00. The zero-order chi connectivity index (χ0) is 12.5. The Balaban J connectivity index is 2.28. The van der Waals surface area contributed by atoms with E-state index in [-0.39, 0.29) is 11.3 Å². The van der Waals surface area contributed by atoms with Crippen molar-refractivity contribution < 1.29 is 18.0 Å². The van der Waals surface area contributed by atoms with Gasteiger partial charge in [-0.05, 0) is 12.1 Å². The number of benzene rings is 1. The Morgan fingerprint density at radius 3 is 2.29 bits per heavy atom. The van der Waals surface area contributed by atoms with Crippen molar-refractivity contribution in [2.24, 2.45) is 0 Å². The van der Waals surface area contributed by atoms with Crippen molar-refractivity contribution in [3.63, 3.8) is 0 Å². The van der Waals surface area contributed by atoms with Gasteiger partial charge in [0.05, 0.1) is 23.5 Å². The Kier molecular flexibility index (Phi) is 2.93. The summed E-state index contributed by atoms with van der Waals surface area (Å²) < 4.78 is 44.2. The summed E-state index contributed by atoms with van der Waals surface area (Å²) in [6.45, 7) is 0. The van der Waals surface area contributed by atoms with Crippen LogP contribution >= 0.6 is 11.7 Å². The van der Waals surface area contributed by atoms with Gasteiger partial charge < -0.3 is 0 Å². The van der Waals surface area contributed by atoms with Gasteiger partial charge in [-0.15, -0.1) is 0 Å². The first-order valence-electron chi connectivity index (χ1n) is 4.48. The molecule has 0 spiro atoms. The van der Waals surface area contributed by atoms with Crippen LogP contribution in [0, 0.1) is 0 Å². The highest BCUT2D eigenvalue weighted by molar-refractivity contribution is 6.99. The van der Waals surface area contributed by atoms with Crippen molar-refractivity contribution in [2.75, 3.05) is 0 Å². The van der Waals surface area contributed by atoms with Gasteiger partial charge in [-0.3, -0.25) is 4.79 Å². The fraction of sp³-hybridized carbons (Fsp3) is 0.100. The second-order valence-corrected chi connectivity index (χ2v) is 3.75. The Morgan fingerprint density at radius 1 is 1.18 bits per heavy atom. The third-order valence-electron chi connectivity index (χ3n) is 2.07. The van der Waals surface area contributed by atoms with Gasteiger partial charge in [0.15, 0.2) is 0 Å². The summed E-state index contributed by atoms with van der Waals surface area (Å²) >= 11 is 0.869. The Hall–Kier alpha value is -1.76. The van der Waals surface area contributed by atoms with Crippen molar-refractivity contribution in [3.05, 3.63) is 47.3 Å². The molecular formula is C10H5F3N2OS. The van der Waals surface area contributed by atoms with E-state index in [2.05, 4.69) is 8.75 Å². The summed E-state index contributed by atoms with van der Waals surface area (Å²) in [7, 11) is 0. The molecule has 0 bridgehead atoms. The SMILES string of the molecule is O=C(c1ccc(C(F)(F)F)cc1)c1cnsn1. The second kappa shape index (κ2) is 4.25. The summed E-state index contributed by atoms with van der Waals surface area (Å²) in [5.41, 5.74) is -0.495. The summed E-state index contributed by atoms with van der Waals surface area (Å²) in [5.74, 6) is -0.438. The number of hydrogen-bond donors (Lipinski definition) is 0. The number of carbonyl (C=O) groups excluding carboxylic acids is 1. The molecule has 0 aliphatic rings. The highest BCUT2D eigenvalue weighted by atomic mass is 32.1. The molecule has 17 heavy (non-hydrogen) atoms. The first kappa shape index (κ1) is 11.7. The van der Waals surface area contributed by atoms with Crippen molar-refractivity contribution >= 4 is 17.5 Å². The van der Waals surface area contributed by atoms with E-state index in [9.17, 15) is 18.0 Å². The number of hydrogen-bond acceptors (Lipinski definition) is 4. The number of alkyl halides is 3. The van der Waals surface area contributed by atoms with Gasteiger partial charge in [-0.25, -0.2) is 0 Å². The van der Waals surface area contributed by atoms with Crippen LogP contribution in [0.25, 0.3) is 0 Å². The molecule has 0 aliphatic carbocycles. The monoisotopic (exact) mass is 258 g/mol. The van der Waals surface area contributed by atoms with Gasteiger partial charge in [0.25, 0.3) is 0 Å². The van der Waals surface area contributed by atoms with Crippen molar-refractivity contribution in [1.82, 2.24) is 8.75 Å². The van der Waals surface area contributed by atoms with E-state index in [0.29, 0.717) is 0 Å². The summed E-state index contributed by atoms with van der Waals surface area (Å²) in [6.07, 6.45) is -3.12. The Bertz CT molecular complexity index is 519. The van der Waals surface area contributed by atoms with E-state index in [1.54, 1.807) is 0 Å². The average molecular weight is 258 g/mol. The molecule has 0 saturated carbocycles.